The van der Waals surface area contributed by atoms with Crippen LogP contribution in [-0.4, -0.2) is 15.7 Å². The smallest absolute Gasteiger partial charge is 0.123 e. The lowest BCUT2D eigenvalue weighted by atomic mass is 10.3. The first-order chi connectivity index (χ1) is 7.31. The Morgan fingerprint density at radius 2 is 2.07 bits per heavy atom. The van der Waals surface area contributed by atoms with Gasteiger partial charge in [0, 0.05) is 22.8 Å². The second kappa shape index (κ2) is 4.77. The topological polar surface area (TPSA) is 25.8 Å². The van der Waals surface area contributed by atoms with Crippen LogP contribution in [0.3, 0.4) is 0 Å². The predicted molar refractivity (Wildman–Crippen MR) is 67.6 cm³/mol. The van der Waals surface area contributed by atoms with E-state index in [0.717, 1.165) is 28.4 Å². The summed E-state index contributed by atoms with van der Waals surface area (Å²) in [6, 6.07) is 3.98. The van der Waals surface area contributed by atoms with E-state index in [-0.39, 0.29) is 0 Å². The Hall–Kier alpha value is -0.870. The van der Waals surface area contributed by atoms with Crippen LogP contribution in [0.1, 0.15) is 10.6 Å². The van der Waals surface area contributed by atoms with Crippen molar-refractivity contribution < 1.29 is 0 Å². The lowest BCUT2D eigenvalue weighted by molar-refractivity contribution is 1.13. The molecular weight excluding hydrogens is 224 g/mol. The monoisotopic (exact) mass is 236 g/mol. The third-order valence-corrected chi connectivity index (χ3v) is 3.65. The molecule has 2 nitrogen and oxygen atoms in total. The summed E-state index contributed by atoms with van der Waals surface area (Å²) >= 11 is 5.99. The van der Waals surface area contributed by atoms with Gasteiger partial charge in [-0.05, 0) is 31.2 Å². The van der Waals surface area contributed by atoms with E-state index in [0.29, 0.717) is 0 Å². The Balaban J connectivity index is 2.34. The summed E-state index contributed by atoms with van der Waals surface area (Å²) in [6.45, 7) is 2.06. The first-order valence-corrected chi connectivity index (χ1v) is 6.23. The van der Waals surface area contributed by atoms with Crippen molar-refractivity contribution in [1.82, 2.24) is 9.97 Å². The largest absolute Gasteiger partial charge is 0.265 e. The third kappa shape index (κ3) is 2.38. The summed E-state index contributed by atoms with van der Waals surface area (Å²) in [5, 5.41) is 1.08. The Morgan fingerprint density at radius 3 is 2.73 bits per heavy atom. The van der Waals surface area contributed by atoms with Crippen LogP contribution in [0.15, 0.2) is 24.5 Å². The molecule has 0 unspecified atom stereocenters. The fraction of sp³-hybridized carbons (Fsp3) is 0.273. The average molecular weight is 236 g/mol. The van der Waals surface area contributed by atoms with Crippen LogP contribution in [0.5, 0.6) is 0 Å². The quantitative estimate of drug-likeness (QED) is 0.829. The van der Waals surface area contributed by atoms with E-state index in [2.05, 4.69) is 29.5 Å². The number of hydrogen-bond acceptors (Lipinski definition) is 4. The normalized spacial score (nSPS) is 10.5. The molecular formula is C11H12N2S2. The average Bonchev–Trinajstić information content (AvgIpc) is 2.63. The van der Waals surface area contributed by atoms with Crippen molar-refractivity contribution in [1.29, 1.82) is 0 Å². The molecule has 0 aliphatic carbocycles. The van der Waals surface area contributed by atoms with Gasteiger partial charge in [-0.15, -0.1) is 11.3 Å². The second-order valence-electron chi connectivity index (χ2n) is 3.24. The Morgan fingerprint density at radius 1 is 1.33 bits per heavy atom. The van der Waals surface area contributed by atoms with Gasteiger partial charge < -0.3 is 0 Å². The highest BCUT2D eigenvalue weighted by Crippen LogP contribution is 2.27. The molecule has 0 aliphatic heterocycles. The maximum atomic E-state index is 4.56. The first-order valence-electron chi connectivity index (χ1n) is 4.79. The predicted octanol–water partition coefficient (Wildman–Crippen LogP) is 2.99. The summed E-state index contributed by atoms with van der Waals surface area (Å²) in [5.74, 6) is 0.874. The first kappa shape index (κ1) is 10.6. The molecule has 0 spiro atoms. The van der Waals surface area contributed by atoms with Crippen molar-refractivity contribution in [2.45, 2.75) is 13.3 Å². The van der Waals surface area contributed by atoms with Crippen molar-refractivity contribution in [3.63, 3.8) is 0 Å². The summed E-state index contributed by atoms with van der Waals surface area (Å²) in [7, 11) is 0. The molecule has 0 bridgehead atoms. The van der Waals surface area contributed by atoms with Crippen LogP contribution in [0, 0.1) is 6.92 Å². The van der Waals surface area contributed by atoms with Crippen LogP contribution in [-0.2, 0) is 6.42 Å². The molecule has 2 heterocycles. The third-order valence-electron chi connectivity index (χ3n) is 2.16. The van der Waals surface area contributed by atoms with Gasteiger partial charge in [0.25, 0.3) is 0 Å². The molecule has 0 N–H and O–H groups in total. The number of rotatable bonds is 3. The van der Waals surface area contributed by atoms with Crippen LogP contribution in [0.25, 0.3) is 10.6 Å². The van der Waals surface area contributed by atoms with Crippen LogP contribution in [0.2, 0.25) is 0 Å². The second-order valence-corrected chi connectivity index (χ2v) is 4.77. The van der Waals surface area contributed by atoms with Gasteiger partial charge in [-0.3, -0.25) is 4.98 Å². The minimum absolute atomic E-state index is 0.874. The maximum absolute atomic E-state index is 4.56. The summed E-state index contributed by atoms with van der Waals surface area (Å²) in [6.07, 6.45) is 4.59. The van der Waals surface area contributed by atoms with E-state index in [9.17, 15) is 0 Å². The van der Waals surface area contributed by atoms with Gasteiger partial charge >= 0.3 is 0 Å². The molecule has 2 aromatic heterocycles. The maximum Gasteiger partial charge on any atom is 0.123 e. The molecule has 15 heavy (non-hydrogen) atoms. The molecule has 0 fully saturated rings. The molecule has 0 aliphatic rings. The summed E-state index contributed by atoms with van der Waals surface area (Å²) < 4.78 is 0. The number of aryl methyl sites for hydroxylation is 2. The van der Waals surface area contributed by atoms with E-state index in [1.54, 1.807) is 23.7 Å². The lowest BCUT2D eigenvalue weighted by Gasteiger charge is -1.92. The van der Waals surface area contributed by atoms with E-state index < -0.39 is 0 Å². The standard InChI is InChI=1S/C11H12N2S2/c1-8-10(4-7-14)15-11(13-8)9-2-5-12-6-3-9/h2-3,5-6,14H,4,7H2,1H3. The Bertz CT molecular complexity index is 437. The zero-order valence-electron chi connectivity index (χ0n) is 8.47. The highest BCUT2D eigenvalue weighted by molar-refractivity contribution is 7.80. The van der Waals surface area contributed by atoms with Crippen molar-refractivity contribution in [3.8, 4) is 10.6 Å². The van der Waals surface area contributed by atoms with Gasteiger partial charge in [-0.2, -0.15) is 12.6 Å². The summed E-state index contributed by atoms with van der Waals surface area (Å²) in [4.78, 5) is 9.89. The highest BCUT2D eigenvalue weighted by Gasteiger charge is 2.07. The minimum atomic E-state index is 0.874. The fourth-order valence-electron chi connectivity index (χ4n) is 1.38. The van der Waals surface area contributed by atoms with E-state index in [1.165, 1.54) is 4.88 Å². The SMILES string of the molecule is Cc1nc(-c2ccncc2)sc1CCS. The molecule has 0 amide bonds. The van der Waals surface area contributed by atoms with Crippen molar-refractivity contribution in [2.24, 2.45) is 0 Å². The molecule has 0 saturated heterocycles. The molecule has 2 aromatic rings. The van der Waals surface area contributed by atoms with Gasteiger partial charge in [0.15, 0.2) is 0 Å². The molecule has 0 aromatic carbocycles. The van der Waals surface area contributed by atoms with Crippen molar-refractivity contribution in [2.75, 3.05) is 5.75 Å². The van der Waals surface area contributed by atoms with Gasteiger partial charge in [-0.1, -0.05) is 0 Å². The number of pyridine rings is 1. The number of thiol groups is 1. The minimum Gasteiger partial charge on any atom is -0.265 e. The van der Waals surface area contributed by atoms with Gasteiger partial charge in [0.05, 0.1) is 5.69 Å². The number of hydrogen-bond donors (Lipinski definition) is 1. The summed E-state index contributed by atoms with van der Waals surface area (Å²) in [5.41, 5.74) is 2.27. The fourth-order valence-corrected chi connectivity index (χ4v) is 2.82. The van der Waals surface area contributed by atoms with Crippen LogP contribution >= 0.6 is 24.0 Å². The van der Waals surface area contributed by atoms with Gasteiger partial charge in [0.2, 0.25) is 0 Å². The Labute approximate surface area is 98.8 Å². The molecule has 0 saturated carbocycles. The zero-order chi connectivity index (χ0) is 10.7. The van der Waals surface area contributed by atoms with E-state index in [4.69, 9.17) is 0 Å². The molecule has 2 rings (SSSR count). The molecule has 0 atom stereocenters. The highest BCUT2D eigenvalue weighted by atomic mass is 32.1. The van der Waals surface area contributed by atoms with Crippen molar-refractivity contribution >= 4 is 24.0 Å². The number of nitrogens with zero attached hydrogens (tertiary/aromatic N) is 2. The lowest BCUT2D eigenvalue weighted by Crippen LogP contribution is -1.84. The van der Waals surface area contributed by atoms with Crippen molar-refractivity contribution in [3.05, 3.63) is 35.1 Å². The zero-order valence-corrected chi connectivity index (χ0v) is 10.2. The molecule has 4 heteroatoms. The molecule has 0 radical (unpaired) electrons. The van der Waals surface area contributed by atoms with Crippen LogP contribution in [0.4, 0.5) is 0 Å². The van der Waals surface area contributed by atoms with Crippen LogP contribution < -0.4 is 0 Å². The van der Waals surface area contributed by atoms with E-state index in [1.807, 2.05) is 12.1 Å². The number of thiazole rings is 1. The van der Waals surface area contributed by atoms with E-state index >= 15 is 0 Å². The van der Waals surface area contributed by atoms with Gasteiger partial charge in [-0.25, -0.2) is 4.98 Å². The molecule has 78 valence electrons. The van der Waals surface area contributed by atoms with Gasteiger partial charge in [0.1, 0.15) is 5.01 Å². The Kier molecular flexibility index (Phi) is 3.38. The number of aromatic nitrogens is 2.